The summed E-state index contributed by atoms with van der Waals surface area (Å²) in [5.74, 6) is 0.811. The van der Waals surface area contributed by atoms with Gasteiger partial charge in [0.1, 0.15) is 0 Å². The van der Waals surface area contributed by atoms with Crippen LogP contribution in [-0.4, -0.2) is 98.1 Å². The number of amides is 2. The van der Waals surface area contributed by atoms with Crippen molar-refractivity contribution in [2.75, 3.05) is 65.6 Å². The van der Waals surface area contributed by atoms with E-state index in [1.165, 1.54) is 0 Å². The number of halogens is 2. The first kappa shape index (κ1) is 23.7. The topological polar surface area (TPSA) is 65.1 Å². The fourth-order valence-corrected chi connectivity index (χ4v) is 4.93. The molecule has 162 valence electrons. The van der Waals surface area contributed by atoms with Crippen LogP contribution < -0.4 is 5.32 Å². The summed E-state index contributed by atoms with van der Waals surface area (Å²) in [4.78, 5) is 31.8. The van der Waals surface area contributed by atoms with Gasteiger partial charge in [-0.15, -0.1) is 24.8 Å². The molecule has 28 heavy (non-hydrogen) atoms. The summed E-state index contributed by atoms with van der Waals surface area (Å²) in [6.07, 6.45) is 3.38. The Morgan fingerprint density at radius 3 is 2.18 bits per heavy atom. The minimum Gasteiger partial charge on any atom is -0.378 e. The molecule has 0 aromatic carbocycles. The molecule has 0 radical (unpaired) electrons. The lowest BCUT2D eigenvalue weighted by atomic mass is 9.91. The van der Waals surface area contributed by atoms with E-state index < -0.39 is 0 Å². The number of piperazine rings is 1. The van der Waals surface area contributed by atoms with Crippen LogP contribution in [0.4, 0.5) is 0 Å². The molecule has 0 aromatic rings. The van der Waals surface area contributed by atoms with Gasteiger partial charge in [-0.05, 0) is 44.7 Å². The molecule has 4 aliphatic rings. The minimum absolute atomic E-state index is 0. The fourth-order valence-electron chi connectivity index (χ4n) is 4.93. The lowest BCUT2D eigenvalue weighted by molar-refractivity contribution is -0.142. The Balaban J connectivity index is 0.00000140. The number of rotatable bonds is 3. The van der Waals surface area contributed by atoms with E-state index in [0.29, 0.717) is 37.6 Å². The van der Waals surface area contributed by atoms with E-state index in [1.807, 2.05) is 16.7 Å². The van der Waals surface area contributed by atoms with E-state index in [0.717, 1.165) is 58.5 Å². The average Bonchev–Trinajstić information content (AvgIpc) is 3.40. The molecule has 1 spiro atoms. The van der Waals surface area contributed by atoms with Gasteiger partial charge in [0.25, 0.3) is 0 Å². The normalized spacial score (nSPS) is 28.1. The lowest BCUT2D eigenvalue weighted by Gasteiger charge is -2.40. The first-order valence-corrected chi connectivity index (χ1v) is 10.2. The molecule has 3 saturated heterocycles. The molecule has 4 fully saturated rings. The first-order chi connectivity index (χ1) is 12.6. The second-order valence-corrected chi connectivity index (χ2v) is 8.34. The molecule has 1 aliphatic carbocycles. The zero-order chi connectivity index (χ0) is 18.1. The molecule has 2 amide bonds. The fraction of sp³-hybridized carbons (Fsp3) is 0.895. The van der Waals surface area contributed by atoms with Gasteiger partial charge >= 0.3 is 0 Å². The van der Waals surface area contributed by atoms with Gasteiger partial charge in [0.05, 0.1) is 19.3 Å². The molecule has 1 N–H and O–H groups in total. The van der Waals surface area contributed by atoms with E-state index in [-0.39, 0.29) is 42.7 Å². The highest BCUT2D eigenvalue weighted by Crippen LogP contribution is 2.59. The number of nitrogens with zero attached hydrogens (tertiary/aromatic N) is 3. The van der Waals surface area contributed by atoms with Crippen molar-refractivity contribution < 1.29 is 14.3 Å². The third-order valence-electron chi connectivity index (χ3n) is 6.94. The van der Waals surface area contributed by atoms with Crippen molar-refractivity contribution in [3.8, 4) is 0 Å². The van der Waals surface area contributed by atoms with E-state index in [4.69, 9.17) is 4.74 Å². The van der Waals surface area contributed by atoms with Gasteiger partial charge in [0.2, 0.25) is 11.8 Å². The third kappa shape index (κ3) is 4.75. The van der Waals surface area contributed by atoms with Crippen LogP contribution in [0.5, 0.6) is 0 Å². The summed E-state index contributed by atoms with van der Waals surface area (Å²) in [7, 11) is 0. The Hall–Kier alpha value is -0.600. The zero-order valence-electron chi connectivity index (χ0n) is 16.7. The first-order valence-electron chi connectivity index (χ1n) is 10.2. The highest BCUT2D eigenvalue weighted by molar-refractivity contribution is 5.85. The molecular formula is C19H34Cl2N4O3. The molecule has 3 heterocycles. The quantitative estimate of drug-likeness (QED) is 0.701. The van der Waals surface area contributed by atoms with Gasteiger partial charge < -0.3 is 19.9 Å². The molecule has 2 atom stereocenters. The van der Waals surface area contributed by atoms with E-state index in [1.54, 1.807) is 0 Å². The van der Waals surface area contributed by atoms with Crippen LogP contribution in [-0.2, 0) is 14.3 Å². The number of piperidine rings is 1. The van der Waals surface area contributed by atoms with Crippen LogP contribution in [0.15, 0.2) is 0 Å². The van der Waals surface area contributed by atoms with Crippen LogP contribution in [0, 0.1) is 11.3 Å². The highest BCUT2D eigenvalue weighted by atomic mass is 35.5. The summed E-state index contributed by atoms with van der Waals surface area (Å²) < 4.78 is 5.34. The molecule has 0 bridgehead atoms. The molecule has 0 aromatic heterocycles. The van der Waals surface area contributed by atoms with Crippen molar-refractivity contribution in [2.45, 2.75) is 32.2 Å². The van der Waals surface area contributed by atoms with Crippen LogP contribution >= 0.6 is 24.8 Å². The second-order valence-electron chi connectivity index (χ2n) is 8.34. The standard InChI is InChI=1S/C19H32N4O3.2ClH/c1-15(17(24)23-10-12-26-13-11-23)21-6-8-22(9-7-21)18(25)16-14-19(16)2-4-20-5-3-19;;/h15-16,20H,2-14H2,1H3;2*1H. The molecule has 2 unspecified atom stereocenters. The Kier molecular flexibility index (Phi) is 8.40. The number of carbonyl (C=O) groups excluding carboxylic acids is 2. The van der Waals surface area contributed by atoms with Crippen molar-refractivity contribution in [2.24, 2.45) is 11.3 Å². The van der Waals surface area contributed by atoms with Gasteiger partial charge in [0.15, 0.2) is 0 Å². The van der Waals surface area contributed by atoms with Gasteiger partial charge in [0, 0.05) is 45.2 Å². The van der Waals surface area contributed by atoms with E-state index in [2.05, 4.69) is 10.2 Å². The Morgan fingerprint density at radius 2 is 1.57 bits per heavy atom. The number of morpholine rings is 1. The molecular weight excluding hydrogens is 403 g/mol. The van der Waals surface area contributed by atoms with Crippen molar-refractivity contribution in [3.63, 3.8) is 0 Å². The Morgan fingerprint density at radius 1 is 0.964 bits per heavy atom. The van der Waals surface area contributed by atoms with Crippen LogP contribution in [0.1, 0.15) is 26.2 Å². The van der Waals surface area contributed by atoms with Crippen molar-refractivity contribution >= 4 is 36.6 Å². The molecule has 1 saturated carbocycles. The highest BCUT2D eigenvalue weighted by Gasteiger charge is 2.58. The summed E-state index contributed by atoms with van der Waals surface area (Å²) in [5.41, 5.74) is 0.305. The van der Waals surface area contributed by atoms with Gasteiger partial charge in [-0.25, -0.2) is 0 Å². The largest absolute Gasteiger partial charge is 0.378 e. The monoisotopic (exact) mass is 436 g/mol. The summed E-state index contributed by atoms with van der Waals surface area (Å²) in [6, 6.07) is -0.109. The number of nitrogens with one attached hydrogen (secondary N) is 1. The summed E-state index contributed by atoms with van der Waals surface area (Å²) in [6.45, 7) is 9.88. The SMILES string of the molecule is CC(C(=O)N1CCOCC1)N1CCN(C(=O)C2CC23CCNCC3)CC1.Cl.Cl. The lowest BCUT2D eigenvalue weighted by Crippen LogP contribution is -2.57. The maximum atomic E-state index is 12.9. The molecule has 9 heteroatoms. The second kappa shape index (κ2) is 9.94. The average molecular weight is 437 g/mol. The number of hydrogen-bond donors (Lipinski definition) is 1. The van der Waals surface area contributed by atoms with Gasteiger partial charge in [-0.2, -0.15) is 0 Å². The maximum absolute atomic E-state index is 12.9. The summed E-state index contributed by atoms with van der Waals surface area (Å²) in [5, 5.41) is 3.40. The molecule has 4 rings (SSSR count). The number of hydrogen-bond acceptors (Lipinski definition) is 5. The Labute approximate surface area is 180 Å². The van der Waals surface area contributed by atoms with E-state index >= 15 is 0 Å². The maximum Gasteiger partial charge on any atom is 0.239 e. The van der Waals surface area contributed by atoms with Gasteiger partial charge in [-0.1, -0.05) is 0 Å². The predicted molar refractivity (Wildman–Crippen MR) is 112 cm³/mol. The van der Waals surface area contributed by atoms with Crippen molar-refractivity contribution in [3.05, 3.63) is 0 Å². The minimum atomic E-state index is -0.109. The van der Waals surface area contributed by atoms with Gasteiger partial charge in [-0.3, -0.25) is 14.5 Å². The zero-order valence-corrected chi connectivity index (χ0v) is 18.4. The number of ether oxygens (including phenoxy) is 1. The number of carbonyl (C=O) groups is 2. The molecule has 3 aliphatic heterocycles. The van der Waals surface area contributed by atoms with Crippen LogP contribution in [0.2, 0.25) is 0 Å². The molecule has 7 nitrogen and oxygen atoms in total. The van der Waals surface area contributed by atoms with Crippen molar-refractivity contribution in [1.29, 1.82) is 0 Å². The summed E-state index contributed by atoms with van der Waals surface area (Å²) >= 11 is 0. The Bertz CT molecular complexity index is 545. The smallest absolute Gasteiger partial charge is 0.239 e. The van der Waals surface area contributed by atoms with E-state index in [9.17, 15) is 9.59 Å². The van der Waals surface area contributed by atoms with Crippen LogP contribution in [0.25, 0.3) is 0 Å². The van der Waals surface area contributed by atoms with Crippen molar-refractivity contribution in [1.82, 2.24) is 20.0 Å². The third-order valence-corrected chi connectivity index (χ3v) is 6.94. The van der Waals surface area contributed by atoms with Crippen LogP contribution in [0.3, 0.4) is 0 Å². The predicted octanol–water partition coefficient (Wildman–Crippen LogP) is 0.611.